The van der Waals surface area contributed by atoms with Crippen molar-refractivity contribution in [3.8, 4) is 0 Å². The molecule has 10 heteroatoms. The monoisotopic (exact) mass is 447 g/mol. The van der Waals surface area contributed by atoms with E-state index in [9.17, 15) is 24.0 Å². The third-order valence-corrected chi connectivity index (χ3v) is 4.57. The Morgan fingerprint density at radius 2 is 1.72 bits per heavy atom. The fourth-order valence-corrected chi connectivity index (χ4v) is 2.97. The largest absolute Gasteiger partial charge is 0.459 e. The Labute approximate surface area is 186 Å². The topological polar surface area (TPSA) is 122 Å². The van der Waals surface area contributed by atoms with E-state index in [1.54, 1.807) is 52.0 Å². The summed E-state index contributed by atoms with van der Waals surface area (Å²) in [6.45, 7) is 7.18. The van der Waals surface area contributed by atoms with Gasteiger partial charge >= 0.3 is 23.9 Å². The van der Waals surface area contributed by atoms with Crippen LogP contribution in [-0.2, 0) is 35.3 Å². The van der Waals surface area contributed by atoms with Gasteiger partial charge in [0, 0.05) is 19.6 Å². The summed E-state index contributed by atoms with van der Waals surface area (Å²) in [5, 5.41) is 2.34. The van der Waals surface area contributed by atoms with Crippen LogP contribution in [0.4, 0.5) is 4.79 Å². The summed E-state index contributed by atoms with van der Waals surface area (Å²) in [6.07, 6.45) is -1.47. The van der Waals surface area contributed by atoms with Crippen molar-refractivity contribution in [2.24, 2.45) is 0 Å². The number of likely N-dealkylation sites (N-methyl/N-ethyl adjacent to an activating group) is 1. The Balaban J connectivity index is 2.09. The molecule has 0 radical (unpaired) electrons. The third kappa shape index (κ3) is 7.07. The average molecular weight is 447 g/mol. The summed E-state index contributed by atoms with van der Waals surface area (Å²) in [6, 6.07) is 7.49. The minimum Gasteiger partial charge on any atom is -0.459 e. The molecule has 32 heavy (non-hydrogen) atoms. The van der Waals surface area contributed by atoms with Gasteiger partial charge in [0.1, 0.15) is 18.2 Å². The van der Waals surface area contributed by atoms with E-state index in [0.29, 0.717) is 6.54 Å². The zero-order chi connectivity index (χ0) is 23.9. The first-order valence-electron chi connectivity index (χ1n) is 10.4. The van der Waals surface area contributed by atoms with Gasteiger partial charge in [-0.2, -0.15) is 0 Å². The first-order chi connectivity index (χ1) is 15.0. The van der Waals surface area contributed by atoms with Crippen LogP contribution in [0.1, 0.15) is 39.7 Å². The molecule has 0 unspecified atom stereocenters. The molecule has 1 aliphatic rings. The second kappa shape index (κ2) is 10.7. The lowest BCUT2D eigenvalue weighted by molar-refractivity contribution is -0.162. The van der Waals surface area contributed by atoms with Gasteiger partial charge in [0.05, 0.1) is 6.42 Å². The third-order valence-electron chi connectivity index (χ3n) is 4.57. The maximum atomic E-state index is 12.7. The summed E-state index contributed by atoms with van der Waals surface area (Å²) >= 11 is 0. The Morgan fingerprint density at radius 3 is 2.31 bits per heavy atom. The lowest BCUT2D eigenvalue weighted by Crippen LogP contribution is -2.57. The van der Waals surface area contributed by atoms with E-state index in [4.69, 9.17) is 9.47 Å². The van der Waals surface area contributed by atoms with Gasteiger partial charge in [0.25, 0.3) is 0 Å². The van der Waals surface area contributed by atoms with Crippen LogP contribution < -0.4 is 5.32 Å². The number of alkyl carbamates (subject to hydrolysis) is 1. The van der Waals surface area contributed by atoms with E-state index in [1.807, 2.05) is 6.07 Å². The van der Waals surface area contributed by atoms with Gasteiger partial charge in [-0.25, -0.2) is 9.59 Å². The van der Waals surface area contributed by atoms with Gasteiger partial charge in [-0.3, -0.25) is 19.3 Å². The number of carbonyl (C=O) groups is 5. The highest BCUT2D eigenvalue weighted by molar-refractivity contribution is 6.38. The van der Waals surface area contributed by atoms with Crippen LogP contribution in [0.3, 0.4) is 0 Å². The maximum Gasteiger partial charge on any atom is 0.408 e. The Hall–Kier alpha value is -3.43. The summed E-state index contributed by atoms with van der Waals surface area (Å²) in [7, 11) is 0. The normalized spacial score (nSPS) is 15.2. The quantitative estimate of drug-likeness (QED) is 0.493. The molecule has 1 heterocycles. The SMILES string of the molecule is CCN1CCN(C(=O)C[C@H](NC(=O)OC(C)(C)C)C(=O)OCc2ccccc2)C(=O)C1=O. The standard InChI is InChI=1S/C22H29N3O7/c1-5-24-11-12-25(19(28)18(24)27)17(26)13-16(23-21(30)32-22(2,3)4)20(29)31-14-15-9-7-6-8-10-15/h6-10,16H,5,11-14H2,1-4H3,(H,23,30)/t16-/m0/s1. The number of imide groups is 1. The molecule has 1 aromatic rings. The number of rotatable bonds is 7. The highest BCUT2D eigenvalue weighted by Gasteiger charge is 2.37. The Morgan fingerprint density at radius 1 is 1.06 bits per heavy atom. The van der Waals surface area contributed by atoms with Crippen LogP contribution in [-0.4, -0.2) is 70.9 Å². The Bertz CT molecular complexity index is 864. The van der Waals surface area contributed by atoms with Crippen molar-refractivity contribution < 1.29 is 33.4 Å². The number of amides is 4. The Kier molecular flexibility index (Phi) is 8.34. The van der Waals surface area contributed by atoms with Gasteiger partial charge in [-0.1, -0.05) is 30.3 Å². The van der Waals surface area contributed by atoms with Gasteiger partial charge in [-0.05, 0) is 33.3 Å². The zero-order valence-electron chi connectivity index (χ0n) is 18.8. The molecule has 1 fully saturated rings. The molecular formula is C22H29N3O7. The number of nitrogens with one attached hydrogen (secondary N) is 1. The van der Waals surface area contributed by atoms with Crippen molar-refractivity contribution in [1.29, 1.82) is 0 Å². The summed E-state index contributed by atoms with van der Waals surface area (Å²) < 4.78 is 10.4. The summed E-state index contributed by atoms with van der Waals surface area (Å²) in [5.41, 5.74) is -0.106. The first-order valence-corrected chi connectivity index (χ1v) is 10.4. The van der Waals surface area contributed by atoms with Gasteiger partial charge in [0.2, 0.25) is 5.91 Å². The van der Waals surface area contributed by atoms with E-state index in [0.717, 1.165) is 10.5 Å². The molecule has 0 aromatic heterocycles. The molecule has 0 aliphatic carbocycles. The molecule has 174 valence electrons. The molecule has 1 atom stereocenters. The number of piperazine rings is 1. The van der Waals surface area contributed by atoms with Crippen molar-refractivity contribution in [1.82, 2.24) is 15.1 Å². The molecule has 1 aromatic carbocycles. The van der Waals surface area contributed by atoms with E-state index in [-0.39, 0.29) is 19.7 Å². The summed E-state index contributed by atoms with van der Waals surface area (Å²) in [5.74, 6) is -3.37. The molecule has 0 spiro atoms. The minimum atomic E-state index is -1.40. The smallest absolute Gasteiger partial charge is 0.408 e. The minimum absolute atomic E-state index is 0.00939. The number of benzene rings is 1. The highest BCUT2D eigenvalue weighted by Crippen LogP contribution is 2.12. The molecule has 2 rings (SSSR count). The fraction of sp³-hybridized carbons (Fsp3) is 0.500. The molecular weight excluding hydrogens is 418 g/mol. The van der Waals surface area contributed by atoms with Crippen LogP contribution in [0.15, 0.2) is 30.3 Å². The number of hydrogen-bond acceptors (Lipinski definition) is 7. The number of carbonyl (C=O) groups excluding carboxylic acids is 5. The van der Waals surface area contributed by atoms with Gasteiger partial charge in [0.15, 0.2) is 0 Å². The van der Waals surface area contributed by atoms with Crippen LogP contribution in [0.25, 0.3) is 0 Å². The van der Waals surface area contributed by atoms with Gasteiger partial charge in [-0.15, -0.1) is 0 Å². The van der Waals surface area contributed by atoms with Crippen molar-refractivity contribution in [2.75, 3.05) is 19.6 Å². The predicted octanol–water partition coefficient (Wildman–Crippen LogP) is 1.23. The second-order valence-corrected chi connectivity index (χ2v) is 8.23. The van der Waals surface area contributed by atoms with Crippen LogP contribution in [0, 0.1) is 0 Å². The number of nitrogens with zero attached hydrogens (tertiary/aromatic N) is 2. The van der Waals surface area contributed by atoms with E-state index < -0.39 is 47.8 Å². The van der Waals surface area contributed by atoms with Crippen molar-refractivity contribution >= 4 is 29.8 Å². The van der Waals surface area contributed by atoms with E-state index in [1.165, 1.54) is 4.90 Å². The second-order valence-electron chi connectivity index (χ2n) is 8.23. The maximum absolute atomic E-state index is 12.7. The zero-order valence-corrected chi connectivity index (χ0v) is 18.8. The molecule has 10 nitrogen and oxygen atoms in total. The molecule has 4 amide bonds. The van der Waals surface area contributed by atoms with Crippen LogP contribution >= 0.6 is 0 Å². The number of esters is 1. The van der Waals surface area contributed by atoms with Crippen molar-refractivity contribution in [2.45, 2.75) is 52.4 Å². The molecule has 0 bridgehead atoms. The molecule has 1 saturated heterocycles. The van der Waals surface area contributed by atoms with Gasteiger partial charge < -0.3 is 19.7 Å². The van der Waals surface area contributed by atoms with Crippen molar-refractivity contribution in [3.05, 3.63) is 35.9 Å². The van der Waals surface area contributed by atoms with Crippen LogP contribution in [0.5, 0.6) is 0 Å². The molecule has 0 saturated carbocycles. The fourth-order valence-electron chi connectivity index (χ4n) is 2.97. The van der Waals surface area contributed by atoms with Crippen LogP contribution in [0.2, 0.25) is 0 Å². The lowest BCUT2D eigenvalue weighted by atomic mass is 10.1. The van der Waals surface area contributed by atoms with E-state index in [2.05, 4.69) is 5.32 Å². The predicted molar refractivity (Wildman–Crippen MR) is 113 cm³/mol. The summed E-state index contributed by atoms with van der Waals surface area (Å²) in [4.78, 5) is 64.1. The number of ether oxygens (including phenoxy) is 2. The lowest BCUT2D eigenvalue weighted by Gasteiger charge is -2.32. The van der Waals surface area contributed by atoms with E-state index >= 15 is 0 Å². The molecule has 1 aliphatic heterocycles. The number of hydrogen-bond donors (Lipinski definition) is 1. The van der Waals surface area contributed by atoms with Crippen molar-refractivity contribution in [3.63, 3.8) is 0 Å². The molecule has 1 N–H and O–H groups in total. The first kappa shape index (κ1) is 24.8. The average Bonchev–Trinajstić information content (AvgIpc) is 2.72. The highest BCUT2D eigenvalue weighted by atomic mass is 16.6.